The first kappa shape index (κ1) is 8.67. The van der Waals surface area contributed by atoms with Gasteiger partial charge in [-0.15, -0.1) is 0 Å². The smallest absolute Gasteiger partial charge is 0.111 e. The van der Waals surface area contributed by atoms with Gasteiger partial charge in [-0.2, -0.15) is 0 Å². The zero-order valence-corrected chi connectivity index (χ0v) is 6.31. The van der Waals surface area contributed by atoms with Crippen LogP contribution in [0.15, 0.2) is 11.6 Å². The van der Waals surface area contributed by atoms with Crippen LogP contribution in [0.1, 0.15) is 6.92 Å². The van der Waals surface area contributed by atoms with Crippen LogP contribution in [0.3, 0.4) is 0 Å². The molecule has 0 radical (unpaired) electrons. The molecule has 0 spiro atoms. The van der Waals surface area contributed by atoms with Gasteiger partial charge in [-0.05, 0) is 12.5 Å². The molecule has 11 heavy (non-hydrogen) atoms. The van der Waals surface area contributed by atoms with Crippen molar-refractivity contribution in [3.63, 3.8) is 0 Å². The quantitative estimate of drug-likeness (QED) is 0.319. The SMILES string of the molecule is CC1=CC(N)[C@@H](O)[C@H](O)[C@@H]1O. The van der Waals surface area contributed by atoms with E-state index in [1.165, 1.54) is 0 Å². The minimum absolute atomic E-state index is 0.576. The molecule has 4 atom stereocenters. The second-order valence-corrected chi connectivity index (χ2v) is 2.91. The predicted molar refractivity (Wildman–Crippen MR) is 39.8 cm³/mol. The van der Waals surface area contributed by atoms with Crippen LogP contribution in [-0.2, 0) is 0 Å². The molecular formula is C7H13NO3. The number of nitrogens with two attached hydrogens (primary N) is 1. The number of aliphatic hydroxyl groups excluding tert-OH is 3. The predicted octanol–water partition coefficient (Wildman–Crippen LogP) is -1.64. The zero-order chi connectivity index (χ0) is 8.59. The average molecular weight is 159 g/mol. The van der Waals surface area contributed by atoms with E-state index in [0.717, 1.165) is 0 Å². The summed E-state index contributed by atoms with van der Waals surface area (Å²) in [6.07, 6.45) is -1.64. The maximum atomic E-state index is 9.20. The van der Waals surface area contributed by atoms with Crippen LogP contribution in [0.25, 0.3) is 0 Å². The van der Waals surface area contributed by atoms with Gasteiger partial charge >= 0.3 is 0 Å². The van der Waals surface area contributed by atoms with Crippen molar-refractivity contribution < 1.29 is 15.3 Å². The normalized spacial score (nSPS) is 45.4. The molecule has 1 rings (SSSR count). The topological polar surface area (TPSA) is 86.7 Å². The van der Waals surface area contributed by atoms with Crippen LogP contribution >= 0.6 is 0 Å². The number of hydrogen-bond acceptors (Lipinski definition) is 4. The summed E-state index contributed by atoms with van der Waals surface area (Å²) in [5.74, 6) is 0. The van der Waals surface area contributed by atoms with Gasteiger partial charge in [0, 0.05) is 0 Å². The highest BCUT2D eigenvalue weighted by atomic mass is 16.4. The maximum Gasteiger partial charge on any atom is 0.111 e. The molecule has 64 valence electrons. The molecule has 0 saturated carbocycles. The summed E-state index contributed by atoms with van der Waals surface area (Å²) in [5, 5.41) is 27.5. The highest BCUT2D eigenvalue weighted by Crippen LogP contribution is 2.18. The molecule has 0 aromatic rings. The minimum Gasteiger partial charge on any atom is -0.388 e. The molecule has 0 saturated heterocycles. The summed E-state index contributed by atoms with van der Waals surface area (Å²) >= 11 is 0. The van der Waals surface area contributed by atoms with Gasteiger partial charge in [0.05, 0.1) is 6.04 Å². The monoisotopic (exact) mass is 159 g/mol. The molecule has 0 aliphatic heterocycles. The molecule has 0 fully saturated rings. The van der Waals surface area contributed by atoms with E-state index in [4.69, 9.17) is 15.9 Å². The van der Waals surface area contributed by atoms with Crippen LogP contribution in [0.4, 0.5) is 0 Å². The van der Waals surface area contributed by atoms with Crippen molar-refractivity contribution in [3.05, 3.63) is 11.6 Å². The summed E-state index contributed by atoms with van der Waals surface area (Å²) in [6.45, 7) is 1.67. The van der Waals surface area contributed by atoms with Crippen LogP contribution in [0.2, 0.25) is 0 Å². The molecule has 1 aliphatic rings. The van der Waals surface area contributed by atoms with Gasteiger partial charge in [0.2, 0.25) is 0 Å². The third-order valence-electron chi connectivity index (χ3n) is 1.99. The Morgan fingerprint density at radius 3 is 2.36 bits per heavy atom. The Morgan fingerprint density at radius 2 is 1.82 bits per heavy atom. The molecule has 4 nitrogen and oxygen atoms in total. The molecule has 0 aromatic heterocycles. The molecule has 1 unspecified atom stereocenters. The summed E-state index contributed by atoms with van der Waals surface area (Å²) in [6, 6.07) is -0.576. The highest BCUT2D eigenvalue weighted by Gasteiger charge is 2.33. The summed E-state index contributed by atoms with van der Waals surface area (Å²) in [5.41, 5.74) is 6.03. The van der Waals surface area contributed by atoms with Crippen LogP contribution < -0.4 is 5.73 Å². The molecule has 0 heterocycles. The molecule has 1 aliphatic carbocycles. The van der Waals surface area contributed by atoms with Crippen LogP contribution in [0, 0.1) is 0 Å². The molecular weight excluding hydrogens is 146 g/mol. The Morgan fingerprint density at radius 1 is 1.27 bits per heavy atom. The first-order valence-corrected chi connectivity index (χ1v) is 3.52. The third kappa shape index (κ3) is 1.44. The molecule has 0 amide bonds. The standard InChI is InChI=1S/C7H13NO3/c1-3-2-4(8)6(10)7(11)5(3)9/h2,4-7,9-11H,8H2,1H3/t4?,5-,6-,7-/m1/s1. The average Bonchev–Trinajstić information content (AvgIpc) is 1.97. The Labute approximate surface area is 65.0 Å². The second-order valence-electron chi connectivity index (χ2n) is 2.91. The van der Waals surface area contributed by atoms with Crippen molar-refractivity contribution in [1.82, 2.24) is 0 Å². The maximum absolute atomic E-state index is 9.20. The van der Waals surface area contributed by atoms with Crippen LogP contribution in [-0.4, -0.2) is 39.7 Å². The van der Waals surface area contributed by atoms with Gasteiger partial charge in [-0.1, -0.05) is 6.08 Å². The lowest BCUT2D eigenvalue weighted by Crippen LogP contribution is -2.51. The number of aliphatic hydroxyl groups is 3. The summed E-state index contributed by atoms with van der Waals surface area (Å²) in [7, 11) is 0. The van der Waals surface area contributed by atoms with Crippen molar-refractivity contribution in [2.24, 2.45) is 5.73 Å². The number of rotatable bonds is 0. The lowest BCUT2D eigenvalue weighted by Gasteiger charge is -2.31. The van der Waals surface area contributed by atoms with Gasteiger partial charge in [-0.3, -0.25) is 0 Å². The van der Waals surface area contributed by atoms with E-state index in [9.17, 15) is 5.11 Å². The van der Waals surface area contributed by atoms with Gasteiger partial charge < -0.3 is 21.1 Å². The molecule has 0 bridgehead atoms. The molecule has 5 N–H and O–H groups in total. The fraction of sp³-hybridized carbons (Fsp3) is 0.714. The Kier molecular flexibility index (Phi) is 2.29. The van der Waals surface area contributed by atoms with Gasteiger partial charge in [-0.25, -0.2) is 0 Å². The number of hydrogen-bond donors (Lipinski definition) is 4. The van der Waals surface area contributed by atoms with E-state index in [0.29, 0.717) is 5.57 Å². The summed E-state index contributed by atoms with van der Waals surface area (Å²) in [4.78, 5) is 0. The first-order chi connectivity index (χ1) is 5.04. The minimum atomic E-state index is -1.16. The van der Waals surface area contributed by atoms with Gasteiger partial charge in [0.25, 0.3) is 0 Å². The fourth-order valence-corrected chi connectivity index (χ4v) is 1.18. The van der Waals surface area contributed by atoms with Gasteiger partial charge in [0.15, 0.2) is 0 Å². The van der Waals surface area contributed by atoms with Crippen molar-refractivity contribution in [2.45, 2.75) is 31.3 Å². The fourth-order valence-electron chi connectivity index (χ4n) is 1.18. The summed E-state index contributed by atoms with van der Waals surface area (Å²) < 4.78 is 0. The van der Waals surface area contributed by atoms with Crippen molar-refractivity contribution >= 4 is 0 Å². The van der Waals surface area contributed by atoms with E-state index in [1.807, 2.05) is 0 Å². The third-order valence-corrected chi connectivity index (χ3v) is 1.99. The van der Waals surface area contributed by atoms with E-state index in [1.54, 1.807) is 13.0 Å². The van der Waals surface area contributed by atoms with E-state index in [-0.39, 0.29) is 0 Å². The lowest BCUT2D eigenvalue weighted by atomic mass is 9.89. The Hall–Kier alpha value is -0.420. The molecule has 4 heteroatoms. The van der Waals surface area contributed by atoms with Crippen molar-refractivity contribution in [3.8, 4) is 0 Å². The van der Waals surface area contributed by atoms with E-state index < -0.39 is 24.4 Å². The van der Waals surface area contributed by atoms with Gasteiger partial charge in [0.1, 0.15) is 18.3 Å². The van der Waals surface area contributed by atoms with Crippen molar-refractivity contribution in [2.75, 3.05) is 0 Å². The Balaban J connectivity index is 2.83. The highest BCUT2D eigenvalue weighted by molar-refractivity contribution is 5.18. The van der Waals surface area contributed by atoms with E-state index in [2.05, 4.69) is 0 Å². The van der Waals surface area contributed by atoms with E-state index >= 15 is 0 Å². The molecule has 0 aromatic carbocycles. The van der Waals surface area contributed by atoms with Crippen molar-refractivity contribution in [1.29, 1.82) is 0 Å². The largest absolute Gasteiger partial charge is 0.388 e. The Bertz CT molecular complexity index is 181. The van der Waals surface area contributed by atoms with Crippen LogP contribution in [0.5, 0.6) is 0 Å². The first-order valence-electron chi connectivity index (χ1n) is 3.52. The second kappa shape index (κ2) is 2.91. The lowest BCUT2D eigenvalue weighted by molar-refractivity contribution is -0.0565. The zero-order valence-electron chi connectivity index (χ0n) is 6.31.